The summed E-state index contributed by atoms with van der Waals surface area (Å²) in [5.41, 5.74) is 1.14. The van der Waals surface area contributed by atoms with Crippen LogP contribution in [-0.2, 0) is 20.9 Å². The second kappa shape index (κ2) is 8.87. The minimum absolute atomic E-state index is 0.138. The Hall–Kier alpha value is -3.06. The molecule has 2 rings (SSSR count). The second-order valence-corrected chi connectivity index (χ2v) is 5.58. The molecule has 0 radical (unpaired) electrons. The second-order valence-electron chi connectivity index (χ2n) is 5.17. The van der Waals surface area contributed by atoms with E-state index in [1.54, 1.807) is 31.4 Å². The number of carbonyl (C=O) groups is 3. The molecule has 0 saturated heterocycles. The molecule has 0 aliphatic carbocycles. The Kier molecular flexibility index (Phi) is 6.57. The van der Waals surface area contributed by atoms with Crippen molar-refractivity contribution < 1.29 is 23.9 Å². The van der Waals surface area contributed by atoms with Gasteiger partial charge in [-0.1, -0.05) is 23.7 Å². The molecule has 2 aromatic rings. The van der Waals surface area contributed by atoms with Gasteiger partial charge in [-0.3, -0.25) is 9.59 Å². The predicted molar refractivity (Wildman–Crippen MR) is 96.3 cm³/mol. The van der Waals surface area contributed by atoms with Gasteiger partial charge in [-0.15, -0.1) is 0 Å². The van der Waals surface area contributed by atoms with Crippen LogP contribution in [0, 0.1) is 0 Å². The number of hydrogen-bond acceptors (Lipinski definition) is 5. The molecule has 26 heavy (non-hydrogen) atoms. The number of ether oxygens (including phenoxy) is 2. The molecule has 0 spiro atoms. The van der Waals surface area contributed by atoms with Gasteiger partial charge in [0.05, 0.1) is 30.5 Å². The van der Waals surface area contributed by atoms with Crippen LogP contribution in [0.1, 0.15) is 15.9 Å². The quantitative estimate of drug-likeness (QED) is 0.617. The average molecular weight is 377 g/mol. The minimum Gasteiger partial charge on any atom is -0.497 e. The number of rotatable bonds is 5. The normalized spacial score (nSPS) is 9.96. The van der Waals surface area contributed by atoms with Crippen molar-refractivity contribution in [2.75, 3.05) is 19.5 Å². The van der Waals surface area contributed by atoms with Gasteiger partial charge in [0.15, 0.2) is 0 Å². The first kappa shape index (κ1) is 19.3. The Morgan fingerprint density at radius 2 is 1.69 bits per heavy atom. The highest BCUT2D eigenvalue weighted by Crippen LogP contribution is 2.23. The van der Waals surface area contributed by atoms with E-state index in [9.17, 15) is 14.4 Å². The first-order chi connectivity index (χ1) is 12.4. The monoisotopic (exact) mass is 376 g/mol. The number of amides is 2. The molecule has 2 amide bonds. The molecule has 2 aromatic carbocycles. The highest BCUT2D eigenvalue weighted by atomic mass is 35.5. The summed E-state index contributed by atoms with van der Waals surface area (Å²) < 4.78 is 9.65. The van der Waals surface area contributed by atoms with E-state index >= 15 is 0 Å². The number of esters is 1. The summed E-state index contributed by atoms with van der Waals surface area (Å²) in [4.78, 5) is 35.5. The van der Waals surface area contributed by atoms with Gasteiger partial charge < -0.3 is 20.1 Å². The lowest BCUT2D eigenvalue weighted by Crippen LogP contribution is -2.35. The molecule has 0 aromatic heterocycles. The zero-order valence-electron chi connectivity index (χ0n) is 14.2. The fourth-order valence-electron chi connectivity index (χ4n) is 2.05. The molecule has 8 heteroatoms. The molecule has 2 N–H and O–H groups in total. The van der Waals surface area contributed by atoms with Crippen molar-refractivity contribution in [1.29, 1.82) is 0 Å². The van der Waals surface area contributed by atoms with Crippen molar-refractivity contribution in [1.82, 2.24) is 5.32 Å². The number of benzene rings is 2. The van der Waals surface area contributed by atoms with Crippen LogP contribution in [-0.4, -0.2) is 32.0 Å². The van der Waals surface area contributed by atoms with Gasteiger partial charge in [0, 0.05) is 6.54 Å². The van der Waals surface area contributed by atoms with Gasteiger partial charge in [-0.2, -0.15) is 0 Å². The van der Waals surface area contributed by atoms with Crippen LogP contribution in [0.2, 0.25) is 5.02 Å². The largest absolute Gasteiger partial charge is 0.497 e. The standard InChI is InChI=1S/C18H17ClN2O5/c1-25-13-6-3-11(4-7-13)10-20-16(22)17(23)21-15-9-12(18(24)26-2)5-8-14(15)19/h3-9H,10H2,1-2H3,(H,20,22)(H,21,23). The summed E-state index contributed by atoms with van der Waals surface area (Å²) in [5.74, 6) is -1.62. The average Bonchev–Trinajstić information content (AvgIpc) is 2.67. The lowest BCUT2D eigenvalue weighted by atomic mass is 10.2. The Bertz CT molecular complexity index is 821. The molecular weight excluding hydrogens is 360 g/mol. The fraction of sp³-hybridized carbons (Fsp3) is 0.167. The van der Waals surface area contributed by atoms with E-state index in [2.05, 4.69) is 15.4 Å². The van der Waals surface area contributed by atoms with Crippen LogP contribution in [0.4, 0.5) is 5.69 Å². The lowest BCUT2D eigenvalue weighted by Gasteiger charge is -2.09. The molecule has 0 aliphatic rings. The summed E-state index contributed by atoms with van der Waals surface area (Å²) in [7, 11) is 2.79. The Morgan fingerprint density at radius 1 is 1.00 bits per heavy atom. The third-order valence-corrected chi connectivity index (χ3v) is 3.78. The molecule has 0 bridgehead atoms. The minimum atomic E-state index is -0.901. The topological polar surface area (TPSA) is 93.7 Å². The maximum absolute atomic E-state index is 12.0. The Morgan fingerprint density at radius 3 is 2.31 bits per heavy atom. The maximum atomic E-state index is 12.0. The highest BCUT2D eigenvalue weighted by molar-refractivity contribution is 6.41. The molecule has 136 valence electrons. The number of halogens is 1. The summed E-state index contributed by atoms with van der Waals surface area (Å²) in [5, 5.41) is 5.06. The van der Waals surface area contributed by atoms with E-state index < -0.39 is 17.8 Å². The molecule has 0 heterocycles. The van der Waals surface area contributed by atoms with Gasteiger partial charge in [0.25, 0.3) is 0 Å². The number of methoxy groups -OCH3 is 2. The van der Waals surface area contributed by atoms with Crippen molar-refractivity contribution in [2.45, 2.75) is 6.54 Å². The van der Waals surface area contributed by atoms with E-state index in [1.165, 1.54) is 25.3 Å². The Labute approximate surface area is 155 Å². The first-order valence-corrected chi connectivity index (χ1v) is 7.92. The number of nitrogens with one attached hydrogen (secondary N) is 2. The van der Waals surface area contributed by atoms with Gasteiger partial charge >= 0.3 is 17.8 Å². The first-order valence-electron chi connectivity index (χ1n) is 7.54. The fourth-order valence-corrected chi connectivity index (χ4v) is 2.22. The lowest BCUT2D eigenvalue weighted by molar-refractivity contribution is -0.136. The van der Waals surface area contributed by atoms with E-state index in [0.717, 1.165) is 5.56 Å². The smallest absolute Gasteiger partial charge is 0.337 e. The molecule has 7 nitrogen and oxygen atoms in total. The Balaban J connectivity index is 1.98. The number of anilines is 1. The van der Waals surface area contributed by atoms with Crippen molar-refractivity contribution in [2.24, 2.45) is 0 Å². The van der Waals surface area contributed by atoms with Gasteiger partial charge in [0.2, 0.25) is 0 Å². The van der Waals surface area contributed by atoms with E-state index in [-0.39, 0.29) is 22.8 Å². The molecular formula is C18H17ClN2O5. The van der Waals surface area contributed by atoms with Crippen LogP contribution in [0.5, 0.6) is 5.75 Å². The van der Waals surface area contributed by atoms with E-state index in [1.807, 2.05) is 0 Å². The number of carbonyl (C=O) groups excluding carboxylic acids is 3. The molecule has 0 aliphatic heterocycles. The predicted octanol–water partition coefficient (Wildman–Crippen LogP) is 2.39. The van der Waals surface area contributed by atoms with Crippen LogP contribution < -0.4 is 15.4 Å². The van der Waals surface area contributed by atoms with Gasteiger partial charge in [0.1, 0.15) is 5.75 Å². The van der Waals surface area contributed by atoms with E-state index in [0.29, 0.717) is 5.75 Å². The molecule has 0 fully saturated rings. The third-order valence-electron chi connectivity index (χ3n) is 3.45. The van der Waals surface area contributed by atoms with E-state index in [4.69, 9.17) is 16.3 Å². The summed E-state index contributed by atoms with van der Waals surface area (Å²) in [6.45, 7) is 0.173. The van der Waals surface area contributed by atoms with Gasteiger partial charge in [-0.25, -0.2) is 4.79 Å². The van der Waals surface area contributed by atoms with Crippen molar-refractivity contribution in [3.8, 4) is 5.75 Å². The summed E-state index contributed by atoms with van der Waals surface area (Å²) >= 11 is 5.98. The van der Waals surface area contributed by atoms with Crippen molar-refractivity contribution >= 4 is 35.1 Å². The highest BCUT2D eigenvalue weighted by Gasteiger charge is 2.16. The zero-order chi connectivity index (χ0) is 19.1. The van der Waals surface area contributed by atoms with Gasteiger partial charge in [-0.05, 0) is 35.9 Å². The third kappa shape index (κ3) is 4.97. The van der Waals surface area contributed by atoms with Crippen LogP contribution in [0.15, 0.2) is 42.5 Å². The molecule has 0 atom stereocenters. The van der Waals surface area contributed by atoms with Crippen LogP contribution in [0.25, 0.3) is 0 Å². The molecule has 0 saturated carbocycles. The van der Waals surface area contributed by atoms with Crippen molar-refractivity contribution in [3.05, 3.63) is 58.6 Å². The zero-order valence-corrected chi connectivity index (χ0v) is 14.9. The SMILES string of the molecule is COC(=O)c1ccc(Cl)c(NC(=O)C(=O)NCc2ccc(OC)cc2)c1. The maximum Gasteiger partial charge on any atom is 0.337 e. The summed E-state index contributed by atoms with van der Waals surface area (Å²) in [6, 6.07) is 11.3. The number of hydrogen-bond donors (Lipinski definition) is 2. The summed E-state index contributed by atoms with van der Waals surface area (Å²) in [6.07, 6.45) is 0. The van der Waals surface area contributed by atoms with Crippen LogP contribution in [0.3, 0.4) is 0 Å². The van der Waals surface area contributed by atoms with Crippen LogP contribution >= 0.6 is 11.6 Å². The van der Waals surface area contributed by atoms with Crippen molar-refractivity contribution in [3.63, 3.8) is 0 Å². The molecule has 0 unspecified atom stereocenters.